The van der Waals surface area contributed by atoms with Crippen LogP contribution in [-0.4, -0.2) is 179 Å². The molecule has 0 atom stereocenters. The lowest BCUT2D eigenvalue weighted by atomic mass is 10.1. The Morgan fingerprint density at radius 3 is 1.23 bits per heavy atom. The SMILES string of the molecule is COCC(=O)NC(C)(C)C#N.COCC(=O)NCC#N.COCC(=O)NCc1cc(Cl)cc(Cl)c1.COCC(=O)NCc1ccc(C(F)(F)F)cc1.COCC(=O)NCc1ccc(Cl)cc1Cl.COCC(=O)NCc1cccc(C(F)(F)F)c1.COCC(=O)NCc1ccccn1.COCC(=O)NCc1cccnc1. The van der Waals surface area contributed by atoms with Crippen molar-refractivity contribution in [3.05, 3.63) is 199 Å². The first-order valence-electron chi connectivity index (χ1n) is 32.0. The van der Waals surface area contributed by atoms with E-state index < -0.39 is 29.0 Å². The number of carbonyl (C=O) groups is 8. The lowest BCUT2D eigenvalue weighted by molar-refractivity contribution is -0.138. The maximum absolute atomic E-state index is 12.4. The van der Waals surface area contributed by atoms with Crippen LogP contribution in [0.5, 0.6) is 0 Å². The number of nitrogens with one attached hydrogen (secondary N) is 8. The van der Waals surface area contributed by atoms with Gasteiger partial charge in [0.25, 0.3) is 0 Å². The summed E-state index contributed by atoms with van der Waals surface area (Å²) in [7, 11) is 11.5. The molecule has 4 aromatic carbocycles. The van der Waals surface area contributed by atoms with Crippen molar-refractivity contribution in [3.63, 3.8) is 0 Å². The van der Waals surface area contributed by atoms with Crippen molar-refractivity contribution < 1.29 is 103 Å². The third-order valence-corrected chi connectivity index (χ3v) is 13.1. The van der Waals surface area contributed by atoms with E-state index in [1.807, 2.05) is 36.4 Å². The van der Waals surface area contributed by atoms with Crippen LogP contribution in [0.1, 0.15) is 58.5 Å². The zero-order valence-electron chi connectivity index (χ0n) is 61.9. The topological polar surface area (TPSA) is 380 Å². The molecule has 8 N–H and O–H groups in total. The summed E-state index contributed by atoms with van der Waals surface area (Å²) >= 11 is 23.3. The second-order valence-electron chi connectivity index (χ2n) is 21.9. The molecule has 0 unspecified atom stereocenters. The number of rotatable bonds is 30. The molecule has 0 saturated carbocycles. The van der Waals surface area contributed by atoms with E-state index in [4.69, 9.17) is 56.9 Å². The number of benzene rings is 4. The first-order valence-corrected chi connectivity index (χ1v) is 33.5. The molecular formula is C72H90Cl4F6N12O16. The van der Waals surface area contributed by atoms with E-state index in [1.54, 1.807) is 74.9 Å². The van der Waals surface area contributed by atoms with E-state index in [1.165, 1.54) is 81.1 Å². The van der Waals surface area contributed by atoms with Gasteiger partial charge in [0.2, 0.25) is 47.3 Å². The highest BCUT2D eigenvalue weighted by atomic mass is 35.5. The fourth-order valence-electron chi connectivity index (χ4n) is 7.19. The molecule has 6 aromatic rings. The monoisotopic (exact) mass is 1630 g/mol. The Labute approximate surface area is 654 Å². The second kappa shape index (κ2) is 61.2. The summed E-state index contributed by atoms with van der Waals surface area (Å²) in [6.07, 6.45) is -3.60. The van der Waals surface area contributed by atoms with Crippen molar-refractivity contribution in [2.75, 3.05) is 116 Å². The molecule has 28 nitrogen and oxygen atoms in total. The molecule has 8 amide bonds. The van der Waals surface area contributed by atoms with Crippen molar-refractivity contribution in [2.24, 2.45) is 0 Å². The van der Waals surface area contributed by atoms with Crippen LogP contribution in [0.15, 0.2) is 134 Å². The number of pyridine rings is 2. The number of hydrogen-bond donors (Lipinski definition) is 8. The van der Waals surface area contributed by atoms with Gasteiger partial charge in [0.05, 0.1) is 35.5 Å². The van der Waals surface area contributed by atoms with Crippen LogP contribution in [0.3, 0.4) is 0 Å². The summed E-state index contributed by atoms with van der Waals surface area (Å²) in [5.74, 6) is -1.83. The molecule has 0 aliphatic heterocycles. The molecule has 2 aromatic heterocycles. The molecule has 0 fully saturated rings. The molecule has 0 saturated heterocycles. The molecule has 0 aliphatic rings. The number of halogens is 10. The van der Waals surface area contributed by atoms with Gasteiger partial charge in [-0.3, -0.25) is 48.3 Å². The number of nitriles is 2. The molecular weight excluding hydrogens is 1540 g/mol. The van der Waals surface area contributed by atoms with E-state index >= 15 is 0 Å². The summed E-state index contributed by atoms with van der Waals surface area (Å²) in [4.78, 5) is 95.4. The molecule has 6 rings (SSSR count). The van der Waals surface area contributed by atoms with Crippen LogP contribution >= 0.6 is 46.4 Å². The van der Waals surface area contributed by atoms with Crippen molar-refractivity contribution in [1.29, 1.82) is 10.5 Å². The van der Waals surface area contributed by atoms with Gasteiger partial charge in [-0.15, -0.1) is 0 Å². The zero-order chi connectivity index (χ0) is 83.4. The summed E-state index contributed by atoms with van der Waals surface area (Å²) in [6, 6.07) is 32.7. The number of alkyl halides is 6. The molecule has 110 heavy (non-hydrogen) atoms. The van der Waals surface area contributed by atoms with E-state index in [0.29, 0.717) is 57.4 Å². The van der Waals surface area contributed by atoms with Crippen LogP contribution in [0.2, 0.25) is 20.1 Å². The van der Waals surface area contributed by atoms with Gasteiger partial charge in [0.15, 0.2) is 0 Å². The smallest absolute Gasteiger partial charge is 0.375 e. The number of aromatic nitrogens is 2. The largest absolute Gasteiger partial charge is 0.416 e. The van der Waals surface area contributed by atoms with Crippen molar-refractivity contribution >= 4 is 93.7 Å². The van der Waals surface area contributed by atoms with Gasteiger partial charge in [0, 0.05) is 128 Å². The maximum atomic E-state index is 12.4. The minimum atomic E-state index is -4.37. The third-order valence-electron chi connectivity index (χ3n) is 12.1. The van der Waals surface area contributed by atoms with Crippen molar-refractivity contribution in [3.8, 4) is 12.1 Å². The van der Waals surface area contributed by atoms with Gasteiger partial charge < -0.3 is 80.4 Å². The second-order valence-corrected chi connectivity index (χ2v) is 23.6. The Balaban J connectivity index is 0. The van der Waals surface area contributed by atoms with Crippen molar-refractivity contribution in [2.45, 2.75) is 71.0 Å². The Morgan fingerprint density at radius 2 is 0.818 bits per heavy atom. The standard InChI is InChI=1S/2C11H12F3NO2.2C10H11Cl2NO2.2C9H12N2O2.C7H12N2O2.C5H8N2O2/c1-17-7-10(16)15-6-8-2-4-9(5-3-8)11(12,13)14;1-17-7-10(16)15-6-8-3-2-4-9(5-8)11(12,13)14;1-15-6-10(14)13-5-7-2-8(11)4-9(12)3-7;1-15-6-10(14)13-5-7-2-3-8(11)4-9(7)12;1-13-7-9(12)11-6-8-3-2-4-10-5-8;1-13-7-9(12)11-6-8-4-2-3-5-10-8;1-7(2,5-8)9-6(10)4-11-3;1-9-4-5(8)7-3-2-6/h2*2-5H,6-7H2,1H3,(H,15,16);2*2-4H,5-6H2,1H3,(H,13,14);2*2-5H,6-7H2,1H3,(H,11,12);4H2,1-3H3,(H,9,10);3-4H2,1H3,(H,7,8). The molecule has 0 bridgehead atoms. The van der Waals surface area contributed by atoms with Gasteiger partial charge >= 0.3 is 12.4 Å². The van der Waals surface area contributed by atoms with E-state index in [0.717, 1.165) is 46.6 Å². The van der Waals surface area contributed by atoms with Crippen LogP contribution in [0.25, 0.3) is 0 Å². The Bertz CT molecular complexity index is 3660. The Hall–Kier alpha value is -9.66. The number of hydrogen-bond acceptors (Lipinski definition) is 20. The molecule has 38 heteroatoms. The molecule has 0 aliphatic carbocycles. The first kappa shape index (κ1) is 102. The first-order chi connectivity index (χ1) is 52.1. The fourth-order valence-corrected chi connectivity index (χ4v) is 8.24. The number of amides is 8. The van der Waals surface area contributed by atoms with Crippen LogP contribution < -0.4 is 42.5 Å². The zero-order valence-corrected chi connectivity index (χ0v) is 64.9. The van der Waals surface area contributed by atoms with Gasteiger partial charge in [-0.05, 0) is 114 Å². The fraction of sp³-hybridized carbons (Fsp3) is 0.389. The summed E-state index contributed by atoms with van der Waals surface area (Å²) in [6.45, 7) is 5.34. The lowest BCUT2D eigenvalue weighted by Crippen LogP contribution is -2.43. The van der Waals surface area contributed by atoms with Gasteiger partial charge in [-0.25, -0.2) is 0 Å². The third kappa shape index (κ3) is 55.7. The molecule has 604 valence electrons. The number of carbonyl (C=O) groups excluding carboxylic acids is 8. The maximum Gasteiger partial charge on any atom is 0.416 e. The highest BCUT2D eigenvalue weighted by Crippen LogP contribution is 2.30. The van der Waals surface area contributed by atoms with Gasteiger partial charge in [-0.1, -0.05) is 88.9 Å². The Kier molecular flexibility index (Phi) is 56.9. The molecule has 0 spiro atoms. The normalized spacial score (nSPS) is 10.2. The van der Waals surface area contributed by atoms with E-state index in [9.17, 15) is 64.7 Å². The molecule has 0 radical (unpaired) electrons. The van der Waals surface area contributed by atoms with Gasteiger partial charge in [0.1, 0.15) is 64.9 Å². The summed E-state index contributed by atoms with van der Waals surface area (Å²) < 4.78 is 111. The lowest BCUT2D eigenvalue weighted by Gasteiger charge is -2.16. The number of ether oxygens (including phenoxy) is 8. The van der Waals surface area contributed by atoms with Crippen molar-refractivity contribution in [1.82, 2.24) is 52.5 Å². The quantitative estimate of drug-likeness (QED) is 0.0155. The predicted molar refractivity (Wildman–Crippen MR) is 397 cm³/mol. The van der Waals surface area contributed by atoms with E-state index in [2.05, 4.69) is 90.4 Å². The minimum absolute atomic E-state index is 0.00882. The van der Waals surface area contributed by atoms with Crippen LogP contribution in [0, 0.1) is 22.7 Å². The summed E-state index contributed by atoms with van der Waals surface area (Å²) in [5.41, 5.74) is 2.25. The number of nitrogens with zero attached hydrogens (tertiary/aromatic N) is 4. The van der Waals surface area contributed by atoms with Crippen LogP contribution in [-0.2, 0) is 128 Å². The highest BCUT2D eigenvalue weighted by Gasteiger charge is 2.31. The van der Waals surface area contributed by atoms with Gasteiger partial charge in [-0.2, -0.15) is 36.9 Å². The minimum Gasteiger partial charge on any atom is -0.375 e. The van der Waals surface area contributed by atoms with Crippen LogP contribution in [0.4, 0.5) is 26.3 Å². The van der Waals surface area contributed by atoms with E-state index in [-0.39, 0.29) is 120 Å². The average molecular weight is 1640 g/mol. The average Bonchev–Trinajstić information content (AvgIpc) is 0.867. The highest BCUT2D eigenvalue weighted by molar-refractivity contribution is 6.35. The predicted octanol–water partition coefficient (Wildman–Crippen LogP) is 8.46. The Morgan fingerprint density at radius 1 is 0.400 bits per heavy atom. The summed E-state index contributed by atoms with van der Waals surface area (Å²) in [5, 5.41) is 39.2. The number of methoxy groups -OCH3 is 8. The molecule has 2 heterocycles.